The average Bonchev–Trinajstić information content (AvgIpc) is 3.30. The van der Waals surface area contributed by atoms with Gasteiger partial charge in [-0.2, -0.15) is 0 Å². The van der Waals surface area contributed by atoms with Crippen molar-refractivity contribution in [3.8, 4) is 10.7 Å². The summed E-state index contributed by atoms with van der Waals surface area (Å²) in [5.41, 5.74) is 7.40. The molecular formula is C18H16N4OS4. The fraction of sp³-hybridized carbons (Fsp3) is 0.222. The van der Waals surface area contributed by atoms with Crippen molar-refractivity contribution in [1.82, 2.24) is 15.0 Å². The van der Waals surface area contributed by atoms with Crippen molar-refractivity contribution in [2.75, 3.05) is 0 Å². The molecule has 138 valence electrons. The Kier molecular flexibility index (Phi) is 5.02. The van der Waals surface area contributed by atoms with Crippen molar-refractivity contribution >= 4 is 61.9 Å². The van der Waals surface area contributed by atoms with Crippen LogP contribution in [0.5, 0.6) is 0 Å². The minimum absolute atomic E-state index is 0.222. The molecule has 4 rings (SSSR count). The number of aromatic nitrogens is 3. The number of primary amides is 1. The maximum atomic E-state index is 11.3. The molecule has 0 aliphatic rings. The quantitative estimate of drug-likeness (QED) is 0.450. The highest BCUT2D eigenvalue weighted by molar-refractivity contribution is 8.01. The number of thiazole rings is 1. The van der Waals surface area contributed by atoms with Crippen LogP contribution in [0.15, 0.2) is 26.9 Å². The van der Waals surface area contributed by atoms with E-state index in [2.05, 4.69) is 18.8 Å². The van der Waals surface area contributed by atoms with Crippen LogP contribution in [0.1, 0.15) is 21.0 Å². The molecule has 9 heteroatoms. The number of thiophene rings is 2. The zero-order valence-electron chi connectivity index (χ0n) is 14.9. The Labute approximate surface area is 172 Å². The van der Waals surface area contributed by atoms with E-state index in [0.29, 0.717) is 0 Å². The number of hydrogen-bond donors (Lipinski definition) is 1. The largest absolute Gasteiger partial charge is 0.369 e. The van der Waals surface area contributed by atoms with Gasteiger partial charge in [0.05, 0.1) is 17.0 Å². The van der Waals surface area contributed by atoms with Gasteiger partial charge in [-0.05, 0) is 49.5 Å². The topological polar surface area (TPSA) is 81.8 Å². The van der Waals surface area contributed by atoms with Gasteiger partial charge in [-0.1, -0.05) is 6.07 Å². The van der Waals surface area contributed by atoms with Crippen LogP contribution in [-0.4, -0.2) is 20.9 Å². The smallest absolute Gasteiger partial charge is 0.222 e. The van der Waals surface area contributed by atoms with Crippen LogP contribution in [0.4, 0.5) is 0 Å². The third kappa shape index (κ3) is 3.64. The van der Waals surface area contributed by atoms with Crippen molar-refractivity contribution in [2.45, 2.75) is 36.6 Å². The molecule has 0 fully saturated rings. The standard InChI is InChI=1S/C18H16N4OS4/c1-8-10(3)25-16-14(8)17(22-15(21-16)11-5-4-6-24-11)27-18-20-9(2)12(26-18)7-13(19)23/h4-6H,7H2,1-3H3,(H2,19,23). The van der Waals surface area contributed by atoms with Gasteiger partial charge in [0, 0.05) is 15.1 Å². The Morgan fingerprint density at radius 3 is 2.70 bits per heavy atom. The van der Waals surface area contributed by atoms with Crippen LogP contribution >= 0.6 is 45.8 Å². The minimum atomic E-state index is -0.341. The van der Waals surface area contributed by atoms with E-state index in [1.807, 2.05) is 24.4 Å². The summed E-state index contributed by atoms with van der Waals surface area (Å²) in [5, 5.41) is 4.03. The molecule has 0 aliphatic carbocycles. The Balaban J connectivity index is 1.81. The molecule has 27 heavy (non-hydrogen) atoms. The van der Waals surface area contributed by atoms with E-state index in [-0.39, 0.29) is 12.3 Å². The van der Waals surface area contributed by atoms with Crippen molar-refractivity contribution in [3.05, 3.63) is 38.5 Å². The van der Waals surface area contributed by atoms with Crippen molar-refractivity contribution in [2.24, 2.45) is 5.73 Å². The summed E-state index contributed by atoms with van der Waals surface area (Å²) in [6.45, 7) is 6.13. The van der Waals surface area contributed by atoms with E-state index >= 15 is 0 Å². The SMILES string of the molecule is Cc1nc(Sc2nc(-c3cccs3)nc3sc(C)c(C)c23)sc1CC(N)=O. The highest BCUT2D eigenvalue weighted by Gasteiger charge is 2.19. The lowest BCUT2D eigenvalue weighted by Gasteiger charge is -2.04. The molecule has 4 aromatic heterocycles. The van der Waals surface area contributed by atoms with E-state index in [9.17, 15) is 4.79 Å². The zero-order chi connectivity index (χ0) is 19.1. The van der Waals surface area contributed by atoms with Crippen molar-refractivity contribution < 1.29 is 4.79 Å². The fourth-order valence-corrected chi connectivity index (χ4v) is 6.74. The molecule has 4 heterocycles. The Morgan fingerprint density at radius 1 is 1.19 bits per heavy atom. The Morgan fingerprint density at radius 2 is 2.00 bits per heavy atom. The summed E-state index contributed by atoms with van der Waals surface area (Å²) in [4.78, 5) is 29.7. The summed E-state index contributed by atoms with van der Waals surface area (Å²) in [7, 11) is 0. The summed E-state index contributed by atoms with van der Waals surface area (Å²) >= 11 is 6.36. The molecule has 0 radical (unpaired) electrons. The van der Waals surface area contributed by atoms with Gasteiger partial charge in [-0.3, -0.25) is 4.79 Å². The molecule has 0 spiro atoms. The third-order valence-electron chi connectivity index (χ3n) is 4.13. The van der Waals surface area contributed by atoms with Gasteiger partial charge in [-0.15, -0.1) is 34.0 Å². The van der Waals surface area contributed by atoms with Crippen LogP contribution in [0.25, 0.3) is 20.9 Å². The maximum Gasteiger partial charge on any atom is 0.222 e. The molecule has 0 aromatic carbocycles. The first-order valence-electron chi connectivity index (χ1n) is 8.16. The van der Waals surface area contributed by atoms with Crippen molar-refractivity contribution in [3.63, 3.8) is 0 Å². The number of nitrogens with zero attached hydrogens (tertiary/aromatic N) is 3. The van der Waals surface area contributed by atoms with Gasteiger partial charge in [0.25, 0.3) is 0 Å². The van der Waals surface area contributed by atoms with E-state index in [4.69, 9.17) is 15.7 Å². The molecule has 1 amide bonds. The number of rotatable bonds is 5. The predicted octanol–water partition coefficient (Wildman–Crippen LogP) is 4.98. The van der Waals surface area contributed by atoms with Gasteiger partial charge >= 0.3 is 0 Å². The second-order valence-corrected chi connectivity index (χ2v) is 10.5. The number of fused-ring (bicyclic) bond motifs is 1. The number of nitrogens with two attached hydrogens (primary N) is 1. The summed E-state index contributed by atoms with van der Waals surface area (Å²) in [6.07, 6.45) is 0.222. The molecule has 2 N–H and O–H groups in total. The molecule has 5 nitrogen and oxygen atoms in total. The molecular weight excluding hydrogens is 416 g/mol. The number of amides is 1. The second kappa shape index (κ2) is 7.31. The lowest BCUT2D eigenvalue weighted by atomic mass is 10.2. The van der Waals surface area contributed by atoms with E-state index in [1.165, 1.54) is 33.5 Å². The third-order valence-corrected chi connectivity index (χ3v) is 8.30. The average molecular weight is 433 g/mol. The Hall–Kier alpha value is -1.81. The minimum Gasteiger partial charge on any atom is -0.369 e. The number of hydrogen-bond acceptors (Lipinski definition) is 8. The molecule has 0 bridgehead atoms. The van der Waals surface area contributed by atoms with Crippen LogP contribution in [0.3, 0.4) is 0 Å². The highest BCUT2D eigenvalue weighted by atomic mass is 32.2. The first-order chi connectivity index (χ1) is 12.9. The van der Waals surface area contributed by atoms with Gasteiger partial charge < -0.3 is 5.73 Å². The molecule has 0 saturated heterocycles. The van der Waals surface area contributed by atoms with E-state index in [1.54, 1.807) is 22.7 Å². The lowest BCUT2D eigenvalue weighted by Crippen LogP contribution is -2.13. The lowest BCUT2D eigenvalue weighted by molar-refractivity contribution is -0.117. The first-order valence-corrected chi connectivity index (χ1v) is 11.5. The van der Waals surface area contributed by atoms with E-state index < -0.39 is 0 Å². The van der Waals surface area contributed by atoms with Crippen molar-refractivity contribution in [1.29, 1.82) is 0 Å². The maximum absolute atomic E-state index is 11.3. The van der Waals surface area contributed by atoms with Gasteiger partial charge in [0.15, 0.2) is 10.2 Å². The van der Waals surface area contributed by atoms with E-state index in [0.717, 1.165) is 40.9 Å². The predicted molar refractivity (Wildman–Crippen MR) is 114 cm³/mol. The van der Waals surface area contributed by atoms with Crippen LogP contribution in [-0.2, 0) is 11.2 Å². The fourth-order valence-electron chi connectivity index (χ4n) is 2.65. The Bertz CT molecular complexity index is 1140. The summed E-state index contributed by atoms with van der Waals surface area (Å²) in [6, 6.07) is 4.04. The summed E-state index contributed by atoms with van der Waals surface area (Å²) < 4.78 is 0.865. The van der Waals surface area contributed by atoms with Gasteiger partial charge in [-0.25, -0.2) is 15.0 Å². The van der Waals surface area contributed by atoms with Gasteiger partial charge in [0.2, 0.25) is 5.91 Å². The number of aryl methyl sites for hydroxylation is 3. The normalized spacial score (nSPS) is 11.4. The monoisotopic (exact) mass is 432 g/mol. The molecule has 0 atom stereocenters. The summed E-state index contributed by atoms with van der Waals surface area (Å²) in [5.74, 6) is 0.402. The van der Waals surface area contributed by atoms with Crippen LogP contribution in [0, 0.1) is 20.8 Å². The second-order valence-electron chi connectivity index (χ2n) is 6.03. The van der Waals surface area contributed by atoms with Gasteiger partial charge in [0.1, 0.15) is 9.86 Å². The molecule has 0 unspecified atom stereocenters. The zero-order valence-corrected chi connectivity index (χ0v) is 18.2. The molecule has 4 aromatic rings. The van der Waals surface area contributed by atoms with Crippen LogP contribution < -0.4 is 5.73 Å². The molecule has 0 aliphatic heterocycles. The number of carbonyl (C=O) groups is 1. The molecule has 0 saturated carbocycles. The number of carbonyl (C=O) groups excluding carboxylic acids is 1. The highest BCUT2D eigenvalue weighted by Crippen LogP contribution is 2.41. The first kappa shape index (κ1) is 18.5. The van der Waals surface area contributed by atoms with Crippen LogP contribution in [0.2, 0.25) is 0 Å².